The zero-order valence-corrected chi connectivity index (χ0v) is 6.28. The standard InChI is InChI=1S/C5H13N.CHF3/c1-3-5(6)4-2;2-1(3)4/h5H,3-4,6H2,1-2H3;1H. The molecule has 0 aliphatic rings. The highest BCUT2D eigenvalue weighted by atomic mass is 19.4. The summed E-state index contributed by atoms with van der Waals surface area (Å²) in [6.07, 6.45) is 2.22. The van der Waals surface area contributed by atoms with Gasteiger partial charge in [0.25, 0.3) is 0 Å². The van der Waals surface area contributed by atoms with E-state index in [1.807, 2.05) is 0 Å². The molecule has 0 aromatic carbocycles. The summed E-state index contributed by atoms with van der Waals surface area (Å²) < 4.78 is 29.0. The molecular weight excluding hydrogens is 143 g/mol. The van der Waals surface area contributed by atoms with Crippen LogP contribution in [0.4, 0.5) is 13.2 Å². The van der Waals surface area contributed by atoms with Crippen LogP contribution in [0.15, 0.2) is 0 Å². The van der Waals surface area contributed by atoms with E-state index in [1.54, 1.807) is 0 Å². The Hall–Kier alpha value is -0.250. The van der Waals surface area contributed by atoms with Crippen LogP contribution in [0.2, 0.25) is 0 Å². The molecule has 0 aliphatic heterocycles. The first kappa shape index (κ1) is 12.4. The Morgan fingerprint density at radius 3 is 1.30 bits per heavy atom. The molecule has 0 unspecified atom stereocenters. The molecule has 0 bridgehead atoms. The van der Waals surface area contributed by atoms with Crippen molar-refractivity contribution in [2.45, 2.75) is 39.4 Å². The van der Waals surface area contributed by atoms with Gasteiger partial charge >= 0.3 is 6.68 Å². The Labute approximate surface area is 59.4 Å². The van der Waals surface area contributed by atoms with Gasteiger partial charge in [0, 0.05) is 6.04 Å². The van der Waals surface area contributed by atoms with Crippen molar-refractivity contribution in [1.82, 2.24) is 0 Å². The van der Waals surface area contributed by atoms with Gasteiger partial charge in [0.2, 0.25) is 0 Å². The van der Waals surface area contributed by atoms with Gasteiger partial charge in [0.15, 0.2) is 0 Å². The minimum atomic E-state index is -3.67. The minimum Gasteiger partial charge on any atom is -0.328 e. The fourth-order valence-electron chi connectivity index (χ4n) is 0.289. The molecule has 0 saturated heterocycles. The Kier molecular flexibility index (Phi) is 10.9. The van der Waals surface area contributed by atoms with Crippen molar-refractivity contribution >= 4 is 0 Å². The van der Waals surface area contributed by atoms with Crippen molar-refractivity contribution in [2.75, 3.05) is 0 Å². The molecular formula is C6H14F3N. The van der Waals surface area contributed by atoms with Crippen LogP contribution in [0.25, 0.3) is 0 Å². The molecule has 0 fully saturated rings. The monoisotopic (exact) mass is 157 g/mol. The van der Waals surface area contributed by atoms with Gasteiger partial charge in [0.1, 0.15) is 0 Å². The maximum Gasteiger partial charge on any atom is 0.379 e. The van der Waals surface area contributed by atoms with Crippen molar-refractivity contribution in [2.24, 2.45) is 5.73 Å². The third-order valence-electron chi connectivity index (χ3n) is 1.05. The predicted molar refractivity (Wildman–Crippen MR) is 35.7 cm³/mol. The summed E-state index contributed by atoms with van der Waals surface area (Å²) in [6.45, 7) is 0.544. The van der Waals surface area contributed by atoms with Gasteiger partial charge in [-0.1, -0.05) is 13.8 Å². The molecule has 2 N–H and O–H groups in total. The van der Waals surface area contributed by atoms with E-state index in [0.717, 1.165) is 12.8 Å². The Morgan fingerprint density at radius 1 is 1.10 bits per heavy atom. The molecule has 0 aromatic heterocycles. The van der Waals surface area contributed by atoms with Crippen molar-refractivity contribution in [1.29, 1.82) is 0 Å². The van der Waals surface area contributed by atoms with Crippen molar-refractivity contribution in [3.05, 3.63) is 0 Å². The van der Waals surface area contributed by atoms with Crippen molar-refractivity contribution in [3.8, 4) is 0 Å². The molecule has 0 atom stereocenters. The number of hydrogen-bond donors (Lipinski definition) is 1. The number of hydrogen-bond acceptors (Lipinski definition) is 1. The molecule has 0 rings (SSSR count). The van der Waals surface area contributed by atoms with E-state index in [9.17, 15) is 13.2 Å². The second kappa shape index (κ2) is 8.75. The van der Waals surface area contributed by atoms with Crippen LogP contribution in [0.1, 0.15) is 26.7 Å². The lowest BCUT2D eigenvalue weighted by atomic mass is 10.2. The van der Waals surface area contributed by atoms with Crippen LogP contribution in [0.5, 0.6) is 0 Å². The molecule has 0 radical (unpaired) electrons. The number of nitrogens with two attached hydrogens (primary N) is 1. The summed E-state index contributed by atoms with van der Waals surface area (Å²) in [5.74, 6) is 0. The maximum atomic E-state index is 9.67. The van der Waals surface area contributed by atoms with Crippen molar-refractivity contribution < 1.29 is 13.2 Å². The number of rotatable bonds is 2. The summed E-state index contributed by atoms with van der Waals surface area (Å²) in [5, 5.41) is 0. The van der Waals surface area contributed by atoms with Crippen LogP contribution < -0.4 is 5.73 Å². The lowest BCUT2D eigenvalue weighted by Crippen LogP contribution is -2.16. The largest absolute Gasteiger partial charge is 0.379 e. The normalized spacial score (nSPS) is 9.60. The minimum absolute atomic E-state index is 0.435. The topological polar surface area (TPSA) is 26.0 Å². The average molecular weight is 157 g/mol. The molecule has 0 heterocycles. The quantitative estimate of drug-likeness (QED) is 0.654. The Bertz CT molecular complexity index is 52.2. The molecule has 0 amide bonds. The summed E-state index contributed by atoms with van der Waals surface area (Å²) in [4.78, 5) is 0. The smallest absolute Gasteiger partial charge is 0.328 e. The zero-order valence-electron chi connectivity index (χ0n) is 6.28. The van der Waals surface area contributed by atoms with E-state index in [-0.39, 0.29) is 0 Å². The van der Waals surface area contributed by atoms with Crippen LogP contribution in [-0.2, 0) is 0 Å². The van der Waals surface area contributed by atoms with E-state index < -0.39 is 6.68 Å². The fourth-order valence-corrected chi connectivity index (χ4v) is 0.289. The summed E-state index contributed by atoms with van der Waals surface area (Å²) in [5.41, 5.74) is 5.47. The average Bonchev–Trinajstić information content (AvgIpc) is 1.85. The van der Waals surface area contributed by atoms with E-state index in [0.29, 0.717) is 6.04 Å². The molecule has 0 saturated carbocycles. The lowest BCUT2D eigenvalue weighted by Gasteiger charge is -1.99. The van der Waals surface area contributed by atoms with Gasteiger partial charge in [-0.15, -0.1) is 0 Å². The fraction of sp³-hybridized carbons (Fsp3) is 1.00. The second-order valence-electron chi connectivity index (χ2n) is 1.82. The van der Waals surface area contributed by atoms with Gasteiger partial charge in [-0.3, -0.25) is 0 Å². The summed E-state index contributed by atoms with van der Waals surface area (Å²) in [6, 6.07) is 0.435. The number of halogens is 3. The zero-order chi connectivity index (χ0) is 8.57. The highest BCUT2D eigenvalue weighted by Crippen LogP contribution is 1.88. The first-order valence-electron chi connectivity index (χ1n) is 3.22. The van der Waals surface area contributed by atoms with Crippen molar-refractivity contribution in [3.63, 3.8) is 0 Å². The first-order chi connectivity index (χ1) is 4.54. The van der Waals surface area contributed by atoms with Crippen LogP contribution >= 0.6 is 0 Å². The molecule has 10 heavy (non-hydrogen) atoms. The van der Waals surface area contributed by atoms with Crippen LogP contribution in [-0.4, -0.2) is 12.7 Å². The third-order valence-corrected chi connectivity index (χ3v) is 1.05. The molecule has 0 aliphatic carbocycles. The summed E-state index contributed by atoms with van der Waals surface area (Å²) in [7, 11) is 0. The highest BCUT2D eigenvalue weighted by molar-refractivity contribution is 4.51. The van der Waals surface area contributed by atoms with Gasteiger partial charge in [-0.05, 0) is 12.8 Å². The van der Waals surface area contributed by atoms with E-state index in [1.165, 1.54) is 0 Å². The molecule has 4 heteroatoms. The van der Waals surface area contributed by atoms with Gasteiger partial charge in [-0.25, -0.2) is 0 Å². The lowest BCUT2D eigenvalue weighted by molar-refractivity contribution is 0.00819. The number of alkyl halides is 3. The van der Waals surface area contributed by atoms with E-state index in [2.05, 4.69) is 13.8 Å². The Balaban J connectivity index is 0. The van der Waals surface area contributed by atoms with Gasteiger partial charge < -0.3 is 5.73 Å². The molecule has 1 nitrogen and oxygen atoms in total. The van der Waals surface area contributed by atoms with Crippen LogP contribution in [0.3, 0.4) is 0 Å². The van der Waals surface area contributed by atoms with Crippen LogP contribution in [0, 0.1) is 0 Å². The first-order valence-corrected chi connectivity index (χ1v) is 3.22. The van der Waals surface area contributed by atoms with E-state index >= 15 is 0 Å². The van der Waals surface area contributed by atoms with Gasteiger partial charge in [0.05, 0.1) is 0 Å². The predicted octanol–water partition coefficient (Wildman–Crippen LogP) is 2.31. The maximum absolute atomic E-state index is 9.67. The second-order valence-corrected chi connectivity index (χ2v) is 1.82. The highest BCUT2D eigenvalue weighted by Gasteiger charge is 1.88. The SMILES string of the molecule is CCC(N)CC.FC(F)F. The Morgan fingerprint density at radius 2 is 1.30 bits per heavy atom. The molecule has 0 spiro atoms. The summed E-state index contributed by atoms with van der Waals surface area (Å²) >= 11 is 0. The third kappa shape index (κ3) is 25.1. The van der Waals surface area contributed by atoms with Gasteiger partial charge in [-0.2, -0.15) is 13.2 Å². The van der Waals surface area contributed by atoms with E-state index in [4.69, 9.17) is 5.73 Å². The molecule has 64 valence electrons. The molecule has 0 aromatic rings.